The standard InChI is InChI=1S/C24H28O5.C20H22O3.C2HF3O2/c1-16(22(26)28-5)21(23(27)29-24(2,3)4)20(25)15-17-11-13-19(14-12-17)18-9-7-6-8-10-18;1-3-23-20(22)15(2)13-19(21)14-16-9-11-18(12-10-16)17-7-5-4-6-8-17;3-2(4,5)1(6)7/h6-14,16,21H,15H2,1-5H3;4-12,15H,3,13-14H2,1-2H3;(H,6,7)/t16-,21?;15-;/m11./s1. The highest BCUT2D eigenvalue weighted by molar-refractivity contribution is 6.03. The van der Waals surface area contributed by atoms with Gasteiger partial charge in [-0.25, -0.2) is 4.79 Å². The van der Waals surface area contributed by atoms with E-state index < -0.39 is 41.5 Å². The summed E-state index contributed by atoms with van der Waals surface area (Å²) in [4.78, 5) is 70.1. The minimum absolute atomic E-state index is 0.0281. The predicted molar refractivity (Wildman–Crippen MR) is 216 cm³/mol. The van der Waals surface area contributed by atoms with E-state index in [2.05, 4.69) is 12.1 Å². The maximum absolute atomic E-state index is 12.9. The van der Waals surface area contributed by atoms with Crippen molar-refractivity contribution in [2.45, 2.75) is 72.6 Å². The van der Waals surface area contributed by atoms with E-state index in [1.54, 1.807) is 34.6 Å². The number of carbonyl (C=O) groups excluding carboxylic acids is 5. The van der Waals surface area contributed by atoms with Crippen LogP contribution in [0.4, 0.5) is 13.2 Å². The van der Waals surface area contributed by atoms with Gasteiger partial charge in [0.1, 0.15) is 17.3 Å². The van der Waals surface area contributed by atoms with Crippen LogP contribution in [0, 0.1) is 17.8 Å². The van der Waals surface area contributed by atoms with Crippen molar-refractivity contribution in [2.75, 3.05) is 13.7 Å². The number of carboxylic acids is 1. The van der Waals surface area contributed by atoms with Crippen LogP contribution in [0.1, 0.15) is 59.1 Å². The normalized spacial score (nSPS) is 12.4. The molecule has 13 heteroatoms. The first-order valence-corrected chi connectivity index (χ1v) is 18.8. The lowest BCUT2D eigenvalue weighted by Gasteiger charge is -2.25. The van der Waals surface area contributed by atoms with Crippen LogP contribution >= 0.6 is 0 Å². The highest BCUT2D eigenvalue weighted by Gasteiger charge is 2.40. The molecular weight excluding hydrogens is 769 g/mol. The number of hydrogen-bond acceptors (Lipinski definition) is 9. The van der Waals surface area contributed by atoms with Gasteiger partial charge >= 0.3 is 30.1 Å². The molecule has 3 atom stereocenters. The van der Waals surface area contributed by atoms with Crippen molar-refractivity contribution < 1.29 is 61.3 Å². The molecule has 59 heavy (non-hydrogen) atoms. The molecule has 4 aromatic carbocycles. The maximum atomic E-state index is 12.9. The van der Waals surface area contributed by atoms with Gasteiger partial charge in [-0.2, -0.15) is 13.2 Å². The first-order chi connectivity index (χ1) is 27.7. The van der Waals surface area contributed by atoms with Crippen molar-refractivity contribution in [3.63, 3.8) is 0 Å². The summed E-state index contributed by atoms with van der Waals surface area (Å²) in [6.45, 7) is 10.5. The third kappa shape index (κ3) is 17.5. The number of alkyl halides is 3. The third-order valence-corrected chi connectivity index (χ3v) is 8.45. The summed E-state index contributed by atoms with van der Waals surface area (Å²) in [6, 6.07) is 35.6. The van der Waals surface area contributed by atoms with Crippen LogP contribution in [-0.2, 0) is 55.8 Å². The largest absolute Gasteiger partial charge is 0.490 e. The van der Waals surface area contributed by atoms with Crippen LogP contribution in [0.2, 0.25) is 0 Å². The van der Waals surface area contributed by atoms with E-state index in [0.29, 0.717) is 13.0 Å². The Kier molecular flexibility index (Phi) is 19.4. The van der Waals surface area contributed by atoms with E-state index in [1.807, 2.05) is 97.1 Å². The topological polar surface area (TPSA) is 150 Å². The molecular formula is C46H51F3O10. The van der Waals surface area contributed by atoms with Gasteiger partial charge in [-0.15, -0.1) is 0 Å². The van der Waals surface area contributed by atoms with Crippen molar-refractivity contribution in [1.29, 1.82) is 0 Å². The Morgan fingerprint density at radius 1 is 0.627 bits per heavy atom. The second-order valence-electron chi connectivity index (χ2n) is 14.5. The number of carbonyl (C=O) groups is 6. The second-order valence-corrected chi connectivity index (χ2v) is 14.5. The van der Waals surface area contributed by atoms with Crippen molar-refractivity contribution in [3.8, 4) is 22.3 Å². The molecule has 1 N–H and O–H groups in total. The van der Waals surface area contributed by atoms with Gasteiger partial charge in [-0.3, -0.25) is 24.0 Å². The number of hydrogen-bond donors (Lipinski definition) is 1. The fourth-order valence-corrected chi connectivity index (χ4v) is 5.51. The minimum Gasteiger partial charge on any atom is -0.475 e. The lowest BCUT2D eigenvalue weighted by Crippen LogP contribution is -2.40. The Bertz CT molecular complexity index is 1970. The van der Waals surface area contributed by atoms with E-state index in [-0.39, 0.29) is 36.3 Å². The van der Waals surface area contributed by atoms with Gasteiger partial charge in [0.25, 0.3) is 0 Å². The Balaban J connectivity index is 0.000000356. The monoisotopic (exact) mass is 820 g/mol. The molecule has 4 aromatic rings. The molecule has 0 aliphatic rings. The van der Waals surface area contributed by atoms with Gasteiger partial charge in [-0.1, -0.05) is 123 Å². The summed E-state index contributed by atoms with van der Waals surface area (Å²) >= 11 is 0. The molecule has 0 aromatic heterocycles. The smallest absolute Gasteiger partial charge is 0.475 e. The first kappa shape index (κ1) is 49.0. The SMILES string of the molecule is CCOC(=O)[C@H](C)CC(=O)Cc1ccc(-c2ccccc2)cc1.COC(=O)[C@H](C)C(C(=O)Cc1ccc(-c2ccccc2)cc1)C(=O)OC(C)(C)C.O=C(O)C(F)(F)F. The fraction of sp³-hybridized carbons (Fsp3) is 0.348. The number of esters is 3. The molecule has 0 spiro atoms. The van der Waals surface area contributed by atoms with Crippen LogP contribution in [0.3, 0.4) is 0 Å². The summed E-state index contributed by atoms with van der Waals surface area (Å²) in [7, 11) is 1.23. The zero-order valence-corrected chi connectivity index (χ0v) is 34.2. The summed E-state index contributed by atoms with van der Waals surface area (Å²) in [5, 5.41) is 7.12. The molecule has 0 fully saturated rings. The molecule has 1 unspecified atom stereocenters. The van der Waals surface area contributed by atoms with Crippen LogP contribution in [0.15, 0.2) is 109 Å². The molecule has 0 aliphatic carbocycles. The number of aliphatic carboxylic acids is 1. The minimum atomic E-state index is -5.08. The van der Waals surface area contributed by atoms with E-state index in [0.717, 1.165) is 33.4 Å². The third-order valence-electron chi connectivity index (χ3n) is 8.45. The van der Waals surface area contributed by atoms with E-state index in [9.17, 15) is 37.1 Å². The highest BCUT2D eigenvalue weighted by atomic mass is 19.4. The molecule has 10 nitrogen and oxygen atoms in total. The number of methoxy groups -OCH3 is 1. The summed E-state index contributed by atoms with van der Waals surface area (Å²) in [5.74, 6) is -7.22. The number of carboxylic acid groups (broad SMARTS) is 1. The molecule has 0 amide bonds. The summed E-state index contributed by atoms with van der Waals surface area (Å²) in [6.07, 6.45) is -4.49. The molecule has 4 rings (SSSR count). The molecule has 0 radical (unpaired) electrons. The molecule has 0 heterocycles. The van der Waals surface area contributed by atoms with E-state index >= 15 is 0 Å². The van der Waals surface area contributed by atoms with Crippen molar-refractivity contribution in [3.05, 3.63) is 120 Å². The number of rotatable bonds is 14. The fourth-order valence-electron chi connectivity index (χ4n) is 5.51. The zero-order chi connectivity index (χ0) is 44.3. The number of benzene rings is 4. The first-order valence-electron chi connectivity index (χ1n) is 18.8. The van der Waals surface area contributed by atoms with E-state index in [1.165, 1.54) is 14.0 Å². The van der Waals surface area contributed by atoms with Crippen LogP contribution in [-0.4, -0.2) is 66.0 Å². The summed E-state index contributed by atoms with van der Waals surface area (Å²) in [5.41, 5.74) is 5.36. The van der Waals surface area contributed by atoms with Gasteiger partial charge in [-0.05, 0) is 61.1 Å². The van der Waals surface area contributed by atoms with Crippen molar-refractivity contribution in [2.24, 2.45) is 17.8 Å². The molecule has 0 aliphatic heterocycles. The number of halogens is 3. The van der Waals surface area contributed by atoms with Gasteiger partial charge in [0.2, 0.25) is 0 Å². The van der Waals surface area contributed by atoms with Gasteiger partial charge < -0.3 is 19.3 Å². The summed E-state index contributed by atoms with van der Waals surface area (Å²) < 4.78 is 46.8. The van der Waals surface area contributed by atoms with Crippen LogP contribution < -0.4 is 0 Å². The average molecular weight is 821 g/mol. The Morgan fingerprint density at radius 3 is 1.41 bits per heavy atom. The van der Waals surface area contributed by atoms with Crippen LogP contribution in [0.25, 0.3) is 22.3 Å². The lowest BCUT2D eigenvalue weighted by atomic mass is 9.86. The number of ketones is 2. The lowest BCUT2D eigenvalue weighted by molar-refractivity contribution is -0.192. The van der Waals surface area contributed by atoms with Crippen molar-refractivity contribution in [1.82, 2.24) is 0 Å². The molecule has 316 valence electrons. The Labute approximate surface area is 342 Å². The molecule has 0 bridgehead atoms. The van der Waals surface area contributed by atoms with Crippen molar-refractivity contribution >= 4 is 35.4 Å². The molecule has 0 saturated carbocycles. The quantitative estimate of drug-likeness (QED) is 0.0742. The Hall–Kier alpha value is -6.11. The number of ether oxygens (including phenoxy) is 3. The zero-order valence-electron chi connectivity index (χ0n) is 34.2. The van der Waals surface area contributed by atoms with Gasteiger partial charge in [0, 0.05) is 19.3 Å². The Morgan fingerprint density at radius 2 is 1.03 bits per heavy atom. The van der Waals surface area contributed by atoms with Crippen LogP contribution in [0.5, 0.6) is 0 Å². The van der Waals surface area contributed by atoms with Gasteiger partial charge in [0.15, 0.2) is 5.78 Å². The maximum Gasteiger partial charge on any atom is 0.490 e. The average Bonchev–Trinajstić information content (AvgIpc) is 3.18. The van der Waals surface area contributed by atoms with Gasteiger partial charge in [0.05, 0.1) is 25.6 Å². The molecule has 0 saturated heterocycles. The highest BCUT2D eigenvalue weighted by Crippen LogP contribution is 2.24. The second kappa shape index (κ2) is 23.3. The van der Waals surface area contributed by atoms with E-state index in [4.69, 9.17) is 24.1 Å². The number of Topliss-reactive ketones (excluding diaryl/α,β-unsaturated/α-hetero) is 2. The predicted octanol–water partition coefficient (Wildman–Crippen LogP) is 8.92.